The molecule has 1 atom stereocenters. The molecule has 0 unspecified atom stereocenters. The molecule has 1 N–H and O–H groups in total. The second-order valence-corrected chi connectivity index (χ2v) is 7.48. The summed E-state index contributed by atoms with van der Waals surface area (Å²) >= 11 is 9.24. The maximum Gasteiger partial charge on any atom is 0.230 e. The van der Waals surface area contributed by atoms with E-state index in [1.54, 1.807) is 23.5 Å². The van der Waals surface area contributed by atoms with E-state index in [9.17, 15) is 4.79 Å². The summed E-state index contributed by atoms with van der Waals surface area (Å²) in [6.45, 7) is 1.98. The van der Waals surface area contributed by atoms with Crippen molar-refractivity contribution in [1.82, 2.24) is 5.32 Å². The van der Waals surface area contributed by atoms with Crippen molar-refractivity contribution < 1.29 is 4.79 Å². The maximum atomic E-state index is 12.0. The largest absolute Gasteiger partial charge is 0.349 e. The standard InChI is InChI=1S/C18H20ClNOS2/c1-13(15-5-7-16(19)8-6-15)20-18(21)12-23-11-14-3-9-17(22-2)10-4-14/h3-10,13H,11-12H2,1-2H3,(H,20,21)/t13-/m1/s1. The Hall–Kier alpha value is -1.10. The highest BCUT2D eigenvalue weighted by Crippen LogP contribution is 2.19. The zero-order chi connectivity index (χ0) is 16.7. The molecule has 0 aromatic heterocycles. The van der Waals surface area contributed by atoms with Crippen molar-refractivity contribution in [2.24, 2.45) is 0 Å². The third-order valence-corrected chi connectivity index (χ3v) is 5.41. The molecule has 0 aliphatic heterocycles. The van der Waals surface area contributed by atoms with Crippen molar-refractivity contribution in [3.05, 3.63) is 64.7 Å². The lowest BCUT2D eigenvalue weighted by Crippen LogP contribution is -2.28. The fourth-order valence-electron chi connectivity index (χ4n) is 2.10. The Morgan fingerprint density at radius 2 is 1.78 bits per heavy atom. The van der Waals surface area contributed by atoms with Gasteiger partial charge in [0.05, 0.1) is 11.8 Å². The fraction of sp³-hybridized carbons (Fsp3) is 0.278. The third-order valence-electron chi connectivity index (χ3n) is 3.41. The van der Waals surface area contributed by atoms with E-state index in [1.165, 1.54) is 10.5 Å². The number of nitrogens with one attached hydrogen (secondary N) is 1. The Bertz CT molecular complexity index is 628. The van der Waals surface area contributed by atoms with E-state index < -0.39 is 0 Å². The summed E-state index contributed by atoms with van der Waals surface area (Å²) < 4.78 is 0. The number of rotatable bonds is 7. The van der Waals surface area contributed by atoms with Gasteiger partial charge in [0.15, 0.2) is 0 Å². The Labute approximate surface area is 151 Å². The van der Waals surface area contributed by atoms with E-state index in [0.29, 0.717) is 10.8 Å². The molecule has 2 nitrogen and oxygen atoms in total. The lowest BCUT2D eigenvalue weighted by Gasteiger charge is -2.14. The van der Waals surface area contributed by atoms with Gasteiger partial charge >= 0.3 is 0 Å². The summed E-state index contributed by atoms with van der Waals surface area (Å²) in [7, 11) is 0. The Kier molecular flexibility index (Phi) is 7.34. The van der Waals surface area contributed by atoms with Crippen molar-refractivity contribution in [3.8, 4) is 0 Å². The average Bonchev–Trinajstić information content (AvgIpc) is 2.56. The lowest BCUT2D eigenvalue weighted by molar-refractivity contribution is -0.119. The first-order valence-corrected chi connectivity index (χ1v) is 10.1. The number of carbonyl (C=O) groups excluding carboxylic acids is 1. The first-order valence-electron chi connectivity index (χ1n) is 7.34. The van der Waals surface area contributed by atoms with Crippen molar-refractivity contribution in [3.63, 3.8) is 0 Å². The third kappa shape index (κ3) is 6.13. The van der Waals surface area contributed by atoms with E-state index >= 15 is 0 Å². The molecule has 0 saturated heterocycles. The highest BCUT2D eigenvalue weighted by Gasteiger charge is 2.09. The highest BCUT2D eigenvalue weighted by atomic mass is 35.5. The van der Waals surface area contributed by atoms with Crippen LogP contribution in [0.15, 0.2) is 53.4 Å². The predicted octanol–water partition coefficient (Wildman–Crippen LogP) is 5.17. The smallest absolute Gasteiger partial charge is 0.230 e. The quantitative estimate of drug-likeness (QED) is 0.686. The normalized spacial score (nSPS) is 12.0. The Morgan fingerprint density at radius 3 is 2.39 bits per heavy atom. The van der Waals surface area contributed by atoms with Gasteiger partial charge in [0, 0.05) is 15.7 Å². The van der Waals surface area contributed by atoms with E-state index in [1.807, 2.05) is 31.2 Å². The number of benzene rings is 2. The van der Waals surface area contributed by atoms with E-state index in [2.05, 4.69) is 35.8 Å². The van der Waals surface area contributed by atoms with Crippen molar-refractivity contribution in [2.45, 2.75) is 23.6 Å². The zero-order valence-corrected chi connectivity index (χ0v) is 15.6. The highest BCUT2D eigenvalue weighted by molar-refractivity contribution is 7.99. The summed E-state index contributed by atoms with van der Waals surface area (Å²) in [6, 6.07) is 16.0. The topological polar surface area (TPSA) is 29.1 Å². The fourth-order valence-corrected chi connectivity index (χ4v) is 3.43. The van der Waals surface area contributed by atoms with Crippen LogP contribution < -0.4 is 5.32 Å². The van der Waals surface area contributed by atoms with Gasteiger partial charge in [0.25, 0.3) is 0 Å². The number of thioether (sulfide) groups is 2. The summed E-state index contributed by atoms with van der Waals surface area (Å²) in [5.74, 6) is 1.36. The molecule has 0 heterocycles. The van der Waals surface area contributed by atoms with Gasteiger partial charge in [0.2, 0.25) is 5.91 Å². The first-order chi connectivity index (χ1) is 11.1. The molecule has 2 aromatic rings. The Balaban J connectivity index is 1.74. The van der Waals surface area contributed by atoms with Crippen LogP contribution in [0.25, 0.3) is 0 Å². The summed E-state index contributed by atoms with van der Waals surface area (Å²) in [4.78, 5) is 13.3. The molecule has 2 rings (SSSR count). The molecular weight excluding hydrogens is 346 g/mol. The molecule has 0 saturated carbocycles. The molecule has 0 aliphatic rings. The van der Waals surface area contributed by atoms with E-state index in [0.717, 1.165) is 11.3 Å². The summed E-state index contributed by atoms with van der Waals surface area (Å²) in [5, 5.41) is 3.72. The molecule has 0 aliphatic carbocycles. The number of hydrogen-bond acceptors (Lipinski definition) is 3. The zero-order valence-electron chi connectivity index (χ0n) is 13.2. The number of hydrogen-bond donors (Lipinski definition) is 1. The minimum atomic E-state index is -0.0128. The average molecular weight is 366 g/mol. The molecule has 1 amide bonds. The van der Waals surface area contributed by atoms with Crippen LogP contribution in [0.2, 0.25) is 5.02 Å². The molecule has 2 aromatic carbocycles. The number of halogens is 1. The van der Waals surface area contributed by atoms with Gasteiger partial charge in [-0.25, -0.2) is 0 Å². The first kappa shape index (κ1) is 18.2. The van der Waals surface area contributed by atoms with Crippen LogP contribution >= 0.6 is 35.1 Å². The molecule has 0 fully saturated rings. The van der Waals surface area contributed by atoms with Gasteiger partial charge in [-0.05, 0) is 48.6 Å². The maximum absolute atomic E-state index is 12.0. The van der Waals surface area contributed by atoms with Crippen molar-refractivity contribution in [1.29, 1.82) is 0 Å². The van der Waals surface area contributed by atoms with Gasteiger partial charge in [-0.3, -0.25) is 4.79 Å². The SMILES string of the molecule is CSc1ccc(CSCC(=O)N[C@H](C)c2ccc(Cl)cc2)cc1. The van der Waals surface area contributed by atoms with Gasteiger partial charge in [-0.1, -0.05) is 35.9 Å². The summed E-state index contributed by atoms with van der Waals surface area (Å²) in [5.41, 5.74) is 2.30. The van der Waals surface area contributed by atoms with Crippen molar-refractivity contribution >= 4 is 41.0 Å². The van der Waals surface area contributed by atoms with Crippen LogP contribution in [0.1, 0.15) is 24.1 Å². The van der Waals surface area contributed by atoms with Crippen LogP contribution in [0.4, 0.5) is 0 Å². The molecule has 122 valence electrons. The van der Waals surface area contributed by atoms with Gasteiger partial charge < -0.3 is 5.32 Å². The minimum Gasteiger partial charge on any atom is -0.349 e. The molecule has 0 bridgehead atoms. The second-order valence-electron chi connectivity index (χ2n) is 5.18. The lowest BCUT2D eigenvalue weighted by atomic mass is 10.1. The van der Waals surface area contributed by atoms with Crippen LogP contribution in [-0.4, -0.2) is 17.9 Å². The van der Waals surface area contributed by atoms with Crippen LogP contribution in [0.5, 0.6) is 0 Å². The summed E-state index contributed by atoms with van der Waals surface area (Å²) in [6.07, 6.45) is 2.07. The second kappa shape index (κ2) is 9.26. The predicted molar refractivity (Wildman–Crippen MR) is 102 cm³/mol. The van der Waals surface area contributed by atoms with Crippen LogP contribution in [0.3, 0.4) is 0 Å². The number of carbonyl (C=O) groups is 1. The molecule has 0 radical (unpaired) electrons. The van der Waals surface area contributed by atoms with E-state index in [-0.39, 0.29) is 11.9 Å². The molecule has 5 heteroatoms. The van der Waals surface area contributed by atoms with Gasteiger partial charge in [-0.15, -0.1) is 23.5 Å². The number of amides is 1. The molecule has 23 heavy (non-hydrogen) atoms. The Morgan fingerprint density at radius 1 is 1.13 bits per heavy atom. The van der Waals surface area contributed by atoms with Crippen LogP contribution in [0, 0.1) is 0 Å². The van der Waals surface area contributed by atoms with Crippen LogP contribution in [-0.2, 0) is 10.5 Å². The molecular formula is C18H20ClNOS2. The van der Waals surface area contributed by atoms with Gasteiger partial charge in [-0.2, -0.15) is 0 Å². The van der Waals surface area contributed by atoms with E-state index in [4.69, 9.17) is 11.6 Å². The molecule has 0 spiro atoms. The minimum absolute atomic E-state index is 0.0128. The monoisotopic (exact) mass is 365 g/mol. The van der Waals surface area contributed by atoms with Gasteiger partial charge in [0.1, 0.15) is 0 Å². The van der Waals surface area contributed by atoms with Crippen molar-refractivity contribution in [2.75, 3.05) is 12.0 Å².